The Bertz CT molecular complexity index is 348. The van der Waals surface area contributed by atoms with E-state index in [1.165, 1.54) is 6.42 Å². The van der Waals surface area contributed by atoms with Gasteiger partial charge in [0, 0.05) is 18.6 Å². The molecule has 2 fully saturated rings. The number of rotatable bonds is 4. The zero-order chi connectivity index (χ0) is 13.0. The molecule has 1 heterocycles. The Morgan fingerprint density at radius 2 is 1.89 bits per heavy atom. The normalized spacial score (nSPS) is 33.4. The van der Waals surface area contributed by atoms with E-state index in [1.807, 2.05) is 0 Å². The lowest BCUT2D eigenvalue weighted by molar-refractivity contribution is 0.218. The lowest BCUT2D eigenvalue weighted by atomic mass is 9.91. The molecule has 5 heteroatoms. The predicted molar refractivity (Wildman–Crippen MR) is 74.1 cm³/mol. The van der Waals surface area contributed by atoms with E-state index in [-0.39, 0.29) is 6.04 Å². The van der Waals surface area contributed by atoms with Gasteiger partial charge in [-0.3, -0.25) is 0 Å². The van der Waals surface area contributed by atoms with Crippen LogP contribution in [-0.4, -0.2) is 43.6 Å². The highest BCUT2D eigenvalue weighted by molar-refractivity contribution is 7.89. The summed E-state index contributed by atoms with van der Waals surface area (Å²) in [4.78, 5) is 0. The van der Waals surface area contributed by atoms with Gasteiger partial charge in [-0.15, -0.1) is 0 Å². The fourth-order valence-corrected chi connectivity index (χ4v) is 5.01. The van der Waals surface area contributed by atoms with Crippen LogP contribution in [0.5, 0.6) is 0 Å². The van der Waals surface area contributed by atoms with Gasteiger partial charge in [0.1, 0.15) is 0 Å². The first-order valence-corrected chi connectivity index (χ1v) is 8.97. The average Bonchev–Trinajstić information content (AvgIpc) is 2.37. The number of hydrogen-bond donors (Lipinski definition) is 1. The second-order valence-electron chi connectivity index (χ2n) is 5.59. The molecule has 0 amide bonds. The minimum atomic E-state index is -2.94. The van der Waals surface area contributed by atoms with Gasteiger partial charge in [0.15, 0.2) is 0 Å². The summed E-state index contributed by atoms with van der Waals surface area (Å²) in [7, 11) is -2.94. The molecular weight excluding hydrogens is 248 g/mol. The van der Waals surface area contributed by atoms with Crippen LogP contribution in [0.2, 0.25) is 0 Å². The molecule has 0 spiro atoms. The van der Waals surface area contributed by atoms with Gasteiger partial charge in [0.25, 0.3) is 0 Å². The van der Waals surface area contributed by atoms with Gasteiger partial charge in [-0.2, -0.15) is 4.31 Å². The number of sulfonamides is 1. The summed E-state index contributed by atoms with van der Waals surface area (Å²) in [6, 6.07) is 0.878. The van der Waals surface area contributed by atoms with Crippen LogP contribution in [0.25, 0.3) is 0 Å². The third kappa shape index (κ3) is 3.45. The van der Waals surface area contributed by atoms with Crippen LogP contribution in [-0.2, 0) is 10.0 Å². The van der Waals surface area contributed by atoms with Crippen LogP contribution in [0.3, 0.4) is 0 Å². The lowest BCUT2D eigenvalue weighted by Crippen LogP contribution is -2.48. The average molecular weight is 274 g/mol. The van der Waals surface area contributed by atoms with Gasteiger partial charge in [-0.25, -0.2) is 8.42 Å². The molecule has 1 N–H and O–H groups in total. The first kappa shape index (κ1) is 14.3. The minimum Gasteiger partial charge on any atom is -0.314 e. The SMILES string of the molecule is CCCNC1CCC(N2CCCCS2(=O)=O)CC1. The first-order valence-electron chi connectivity index (χ1n) is 7.36. The molecule has 1 saturated carbocycles. The zero-order valence-electron chi connectivity index (χ0n) is 11.4. The van der Waals surface area contributed by atoms with Crippen LogP contribution in [0.4, 0.5) is 0 Å². The summed E-state index contributed by atoms with van der Waals surface area (Å²) in [5, 5.41) is 3.55. The van der Waals surface area contributed by atoms with Gasteiger partial charge in [0.05, 0.1) is 5.75 Å². The molecule has 0 atom stereocenters. The highest BCUT2D eigenvalue weighted by Crippen LogP contribution is 2.27. The molecule has 2 aliphatic rings. The zero-order valence-corrected chi connectivity index (χ0v) is 12.2. The maximum atomic E-state index is 12.0. The van der Waals surface area contributed by atoms with E-state index >= 15 is 0 Å². The summed E-state index contributed by atoms with van der Waals surface area (Å²) in [6.45, 7) is 4.01. The molecule has 0 bridgehead atoms. The van der Waals surface area contributed by atoms with E-state index in [0.717, 1.165) is 51.6 Å². The van der Waals surface area contributed by atoms with Gasteiger partial charge < -0.3 is 5.32 Å². The summed E-state index contributed by atoms with van der Waals surface area (Å²) in [5.74, 6) is 0.362. The Labute approximate surface area is 111 Å². The Morgan fingerprint density at radius 3 is 2.50 bits per heavy atom. The van der Waals surface area contributed by atoms with E-state index in [2.05, 4.69) is 12.2 Å². The second kappa shape index (κ2) is 6.35. The predicted octanol–water partition coefficient (Wildman–Crippen LogP) is 1.72. The third-order valence-electron chi connectivity index (χ3n) is 4.18. The highest BCUT2D eigenvalue weighted by Gasteiger charge is 2.34. The van der Waals surface area contributed by atoms with E-state index in [1.54, 1.807) is 4.31 Å². The molecule has 1 aliphatic heterocycles. The fourth-order valence-electron chi connectivity index (χ4n) is 3.13. The Kier molecular flexibility index (Phi) is 5.04. The number of nitrogens with zero attached hydrogens (tertiary/aromatic N) is 1. The molecule has 2 rings (SSSR count). The molecule has 0 aromatic rings. The molecule has 0 aromatic carbocycles. The molecular formula is C13H26N2O2S. The van der Waals surface area contributed by atoms with E-state index in [0.29, 0.717) is 11.8 Å². The maximum Gasteiger partial charge on any atom is 0.214 e. The lowest BCUT2D eigenvalue weighted by Gasteiger charge is -2.38. The van der Waals surface area contributed by atoms with Crippen LogP contribution in [0.1, 0.15) is 51.9 Å². The van der Waals surface area contributed by atoms with Crippen LogP contribution in [0.15, 0.2) is 0 Å². The fraction of sp³-hybridized carbons (Fsp3) is 1.00. The Hall–Kier alpha value is -0.130. The van der Waals surface area contributed by atoms with Crippen molar-refractivity contribution in [3.05, 3.63) is 0 Å². The molecule has 1 saturated heterocycles. The van der Waals surface area contributed by atoms with Crippen molar-refractivity contribution >= 4 is 10.0 Å². The monoisotopic (exact) mass is 274 g/mol. The first-order chi connectivity index (χ1) is 8.63. The molecule has 0 aromatic heterocycles. The van der Waals surface area contributed by atoms with E-state index in [9.17, 15) is 8.42 Å². The number of hydrogen-bond acceptors (Lipinski definition) is 3. The van der Waals surface area contributed by atoms with Crippen molar-refractivity contribution in [3.8, 4) is 0 Å². The van der Waals surface area contributed by atoms with Crippen molar-refractivity contribution in [2.45, 2.75) is 64.0 Å². The van der Waals surface area contributed by atoms with Crippen LogP contribution >= 0.6 is 0 Å². The molecule has 1 aliphatic carbocycles. The number of nitrogens with one attached hydrogen (secondary N) is 1. The molecule has 18 heavy (non-hydrogen) atoms. The minimum absolute atomic E-state index is 0.273. The molecule has 0 radical (unpaired) electrons. The van der Waals surface area contributed by atoms with Gasteiger partial charge in [0.2, 0.25) is 10.0 Å². The van der Waals surface area contributed by atoms with Gasteiger partial charge in [-0.1, -0.05) is 6.92 Å². The van der Waals surface area contributed by atoms with Crippen molar-refractivity contribution in [3.63, 3.8) is 0 Å². The summed E-state index contributed by atoms with van der Waals surface area (Å²) >= 11 is 0. The molecule has 0 unspecified atom stereocenters. The van der Waals surface area contributed by atoms with Crippen LogP contribution in [0, 0.1) is 0 Å². The van der Waals surface area contributed by atoms with Crippen molar-refractivity contribution in [2.24, 2.45) is 0 Å². The standard InChI is InChI=1S/C13H26N2O2S/c1-2-9-14-12-5-7-13(8-6-12)15-10-3-4-11-18(15,16)17/h12-14H,2-11H2,1H3. The largest absolute Gasteiger partial charge is 0.314 e. The third-order valence-corrected chi connectivity index (χ3v) is 6.17. The van der Waals surface area contributed by atoms with Crippen molar-refractivity contribution < 1.29 is 8.42 Å². The maximum absolute atomic E-state index is 12.0. The van der Waals surface area contributed by atoms with Gasteiger partial charge >= 0.3 is 0 Å². The topological polar surface area (TPSA) is 49.4 Å². The molecule has 106 valence electrons. The Morgan fingerprint density at radius 1 is 1.17 bits per heavy atom. The summed E-state index contributed by atoms with van der Waals surface area (Å²) in [6.07, 6.45) is 7.34. The van der Waals surface area contributed by atoms with Gasteiger partial charge in [-0.05, 0) is 51.5 Å². The molecule has 4 nitrogen and oxygen atoms in total. The quantitative estimate of drug-likeness (QED) is 0.849. The summed E-state index contributed by atoms with van der Waals surface area (Å²) in [5.41, 5.74) is 0. The van der Waals surface area contributed by atoms with E-state index in [4.69, 9.17) is 0 Å². The van der Waals surface area contributed by atoms with Crippen molar-refractivity contribution in [2.75, 3.05) is 18.8 Å². The van der Waals surface area contributed by atoms with Crippen molar-refractivity contribution in [1.29, 1.82) is 0 Å². The Balaban J connectivity index is 1.85. The van der Waals surface area contributed by atoms with E-state index < -0.39 is 10.0 Å². The van der Waals surface area contributed by atoms with Crippen molar-refractivity contribution in [1.82, 2.24) is 9.62 Å². The summed E-state index contributed by atoms with van der Waals surface area (Å²) < 4.78 is 25.9. The smallest absolute Gasteiger partial charge is 0.214 e. The second-order valence-corrected chi connectivity index (χ2v) is 7.63. The highest BCUT2D eigenvalue weighted by atomic mass is 32.2. The van der Waals surface area contributed by atoms with Crippen LogP contribution < -0.4 is 5.32 Å².